The zero-order valence-corrected chi connectivity index (χ0v) is 10.3. The number of methoxy groups -OCH3 is 1. The fourth-order valence-electron chi connectivity index (χ4n) is 1.39. The Morgan fingerprint density at radius 3 is 2.67 bits per heavy atom. The fourth-order valence-corrected chi connectivity index (χ4v) is 1.39. The van der Waals surface area contributed by atoms with Crippen molar-refractivity contribution in [2.75, 3.05) is 13.7 Å². The minimum absolute atomic E-state index is 0.128. The lowest BCUT2D eigenvalue weighted by Crippen LogP contribution is -2.24. The zero-order valence-electron chi connectivity index (χ0n) is 10.3. The maximum absolute atomic E-state index is 5.53. The second kappa shape index (κ2) is 5.65. The molecule has 2 aromatic heterocycles. The molecule has 0 spiro atoms. The molecule has 0 aliphatic heterocycles. The van der Waals surface area contributed by atoms with Crippen LogP contribution in [0.25, 0.3) is 11.6 Å². The number of ether oxygens (including phenoxy) is 1. The summed E-state index contributed by atoms with van der Waals surface area (Å²) in [4.78, 5) is 12.5. The molecule has 0 aromatic carbocycles. The summed E-state index contributed by atoms with van der Waals surface area (Å²) in [5.74, 6) is 1.28. The van der Waals surface area contributed by atoms with Gasteiger partial charge in [-0.25, -0.2) is 9.97 Å². The molecule has 18 heavy (non-hydrogen) atoms. The lowest BCUT2D eigenvalue weighted by molar-refractivity contribution is 0.102. The van der Waals surface area contributed by atoms with Gasteiger partial charge >= 0.3 is 0 Å². The molecule has 0 amide bonds. The van der Waals surface area contributed by atoms with Crippen LogP contribution >= 0.6 is 0 Å². The van der Waals surface area contributed by atoms with Gasteiger partial charge in [0, 0.05) is 26.0 Å². The van der Waals surface area contributed by atoms with Gasteiger partial charge in [0.25, 0.3) is 0 Å². The number of hydrogen-bond acceptors (Lipinski definition) is 7. The van der Waals surface area contributed by atoms with Crippen LogP contribution in [-0.4, -0.2) is 39.9 Å². The lowest BCUT2D eigenvalue weighted by atomic mass is 10.2. The van der Waals surface area contributed by atoms with E-state index in [1.165, 1.54) is 0 Å². The first-order valence-electron chi connectivity index (χ1n) is 5.57. The van der Waals surface area contributed by atoms with E-state index in [1.54, 1.807) is 19.5 Å². The van der Waals surface area contributed by atoms with Crippen molar-refractivity contribution in [3.05, 3.63) is 23.8 Å². The van der Waals surface area contributed by atoms with Gasteiger partial charge in [0.05, 0.1) is 12.5 Å². The van der Waals surface area contributed by atoms with Crippen LogP contribution in [0.1, 0.15) is 11.5 Å². The molecule has 7 heteroatoms. The van der Waals surface area contributed by atoms with Crippen LogP contribution in [0.15, 0.2) is 16.9 Å². The van der Waals surface area contributed by atoms with Crippen molar-refractivity contribution in [2.45, 2.75) is 19.4 Å². The molecular weight excluding hydrogens is 234 g/mol. The Morgan fingerprint density at radius 1 is 1.33 bits per heavy atom. The molecule has 0 fully saturated rings. The van der Waals surface area contributed by atoms with E-state index in [0.717, 1.165) is 5.56 Å². The maximum atomic E-state index is 5.53. The van der Waals surface area contributed by atoms with Crippen molar-refractivity contribution >= 4 is 0 Å². The molecule has 0 saturated heterocycles. The summed E-state index contributed by atoms with van der Waals surface area (Å²) in [6.07, 6.45) is 3.76. The van der Waals surface area contributed by atoms with Gasteiger partial charge in [0.15, 0.2) is 0 Å². The van der Waals surface area contributed by atoms with Gasteiger partial charge in [-0.3, -0.25) is 0 Å². The Bertz CT molecular complexity index is 492. The summed E-state index contributed by atoms with van der Waals surface area (Å²) < 4.78 is 10.3. The summed E-state index contributed by atoms with van der Waals surface area (Å²) in [7, 11) is 1.60. The number of rotatable bonds is 5. The van der Waals surface area contributed by atoms with E-state index in [2.05, 4.69) is 20.1 Å². The first kappa shape index (κ1) is 12.6. The summed E-state index contributed by atoms with van der Waals surface area (Å²) in [6.45, 7) is 2.31. The Morgan fingerprint density at radius 2 is 2.06 bits per heavy atom. The highest BCUT2D eigenvalue weighted by Crippen LogP contribution is 2.11. The highest BCUT2D eigenvalue weighted by atomic mass is 16.5. The third-order valence-electron chi connectivity index (χ3n) is 2.45. The molecule has 2 heterocycles. The Balaban J connectivity index is 2.12. The first-order valence-corrected chi connectivity index (χ1v) is 5.57. The minimum Gasteiger partial charge on any atom is -0.380 e. The molecule has 2 aromatic rings. The SMILES string of the molecule is COC(CN)Cc1nc(-c2ncc(C)cn2)no1. The smallest absolute Gasteiger partial charge is 0.240 e. The topological polar surface area (TPSA) is 100.0 Å². The largest absolute Gasteiger partial charge is 0.380 e. The number of aromatic nitrogens is 4. The quantitative estimate of drug-likeness (QED) is 0.816. The van der Waals surface area contributed by atoms with Crippen LogP contribution in [0.4, 0.5) is 0 Å². The summed E-state index contributed by atoms with van der Waals surface area (Å²) in [5, 5.41) is 3.83. The Hall–Kier alpha value is -1.86. The fraction of sp³-hybridized carbons (Fsp3) is 0.455. The molecule has 0 bridgehead atoms. The van der Waals surface area contributed by atoms with Crippen molar-refractivity contribution in [1.29, 1.82) is 0 Å². The monoisotopic (exact) mass is 249 g/mol. The van der Waals surface area contributed by atoms with E-state index in [9.17, 15) is 0 Å². The lowest BCUT2D eigenvalue weighted by Gasteiger charge is -2.08. The summed E-state index contributed by atoms with van der Waals surface area (Å²) >= 11 is 0. The van der Waals surface area contributed by atoms with Crippen LogP contribution in [0.2, 0.25) is 0 Å². The maximum Gasteiger partial charge on any atom is 0.240 e. The highest BCUT2D eigenvalue weighted by Gasteiger charge is 2.14. The highest BCUT2D eigenvalue weighted by molar-refractivity contribution is 5.40. The normalized spacial score (nSPS) is 12.6. The number of nitrogens with zero attached hydrogens (tertiary/aromatic N) is 4. The zero-order chi connectivity index (χ0) is 13.0. The van der Waals surface area contributed by atoms with Crippen LogP contribution in [-0.2, 0) is 11.2 Å². The molecule has 0 aliphatic carbocycles. The molecule has 1 unspecified atom stereocenters. The van der Waals surface area contributed by atoms with Gasteiger partial charge in [-0.05, 0) is 12.5 Å². The van der Waals surface area contributed by atoms with Crippen molar-refractivity contribution < 1.29 is 9.26 Å². The Kier molecular flexibility index (Phi) is 3.96. The van der Waals surface area contributed by atoms with E-state index in [4.69, 9.17) is 15.0 Å². The van der Waals surface area contributed by atoms with Crippen molar-refractivity contribution in [2.24, 2.45) is 5.73 Å². The van der Waals surface area contributed by atoms with E-state index in [1.807, 2.05) is 6.92 Å². The predicted molar refractivity (Wildman–Crippen MR) is 63.6 cm³/mol. The van der Waals surface area contributed by atoms with E-state index in [0.29, 0.717) is 30.5 Å². The van der Waals surface area contributed by atoms with Crippen molar-refractivity contribution in [1.82, 2.24) is 20.1 Å². The third-order valence-corrected chi connectivity index (χ3v) is 2.45. The average molecular weight is 249 g/mol. The van der Waals surface area contributed by atoms with Crippen molar-refractivity contribution in [3.63, 3.8) is 0 Å². The van der Waals surface area contributed by atoms with Crippen molar-refractivity contribution in [3.8, 4) is 11.6 Å². The Labute approximate surface area is 104 Å². The van der Waals surface area contributed by atoms with Crippen LogP contribution in [0.5, 0.6) is 0 Å². The van der Waals surface area contributed by atoms with E-state index < -0.39 is 0 Å². The molecule has 2 N–H and O–H groups in total. The second-order valence-corrected chi connectivity index (χ2v) is 3.89. The molecular formula is C11H15N5O2. The average Bonchev–Trinajstić information content (AvgIpc) is 2.85. The van der Waals surface area contributed by atoms with Gasteiger partial charge in [-0.15, -0.1) is 0 Å². The predicted octanol–water partition coefficient (Wildman–Crippen LogP) is 0.351. The molecule has 2 rings (SSSR count). The van der Waals surface area contributed by atoms with Gasteiger partial charge in [0.1, 0.15) is 0 Å². The van der Waals surface area contributed by atoms with Crippen LogP contribution < -0.4 is 5.73 Å². The second-order valence-electron chi connectivity index (χ2n) is 3.89. The molecule has 1 atom stereocenters. The molecule has 96 valence electrons. The third kappa shape index (κ3) is 2.88. The number of hydrogen-bond donors (Lipinski definition) is 1. The standard InChI is InChI=1S/C11H15N5O2/c1-7-5-13-10(14-6-7)11-15-9(18-16-11)3-8(4-12)17-2/h5-6,8H,3-4,12H2,1-2H3. The minimum atomic E-state index is -0.128. The molecule has 0 radical (unpaired) electrons. The summed E-state index contributed by atoms with van der Waals surface area (Å²) in [6, 6.07) is 0. The van der Waals surface area contributed by atoms with Gasteiger partial charge in [-0.2, -0.15) is 4.98 Å². The van der Waals surface area contributed by atoms with Gasteiger partial charge in [-0.1, -0.05) is 5.16 Å². The molecule has 0 saturated carbocycles. The first-order chi connectivity index (χ1) is 8.72. The number of aryl methyl sites for hydroxylation is 1. The van der Waals surface area contributed by atoms with E-state index in [-0.39, 0.29) is 6.10 Å². The summed E-state index contributed by atoms with van der Waals surface area (Å²) in [5.41, 5.74) is 6.50. The van der Waals surface area contributed by atoms with Crippen LogP contribution in [0, 0.1) is 6.92 Å². The van der Waals surface area contributed by atoms with Gasteiger partial charge < -0.3 is 15.0 Å². The molecule has 7 nitrogen and oxygen atoms in total. The van der Waals surface area contributed by atoms with E-state index >= 15 is 0 Å². The molecule has 0 aliphatic rings. The number of nitrogens with two attached hydrogens (primary N) is 1. The van der Waals surface area contributed by atoms with Gasteiger partial charge in [0.2, 0.25) is 17.5 Å². The van der Waals surface area contributed by atoms with Crippen LogP contribution in [0.3, 0.4) is 0 Å².